The number of ether oxygens (including phenoxy) is 1. The molecule has 3 aromatic rings. The molecule has 3 rings (SSSR count). The van der Waals surface area contributed by atoms with Gasteiger partial charge in [0, 0.05) is 24.4 Å². The number of pyridine rings is 1. The minimum Gasteiger partial charge on any atom is -0.391 e. The molecule has 0 saturated heterocycles. The first-order valence-electron chi connectivity index (χ1n) is 8.37. The van der Waals surface area contributed by atoms with Crippen LogP contribution in [0.2, 0.25) is 0 Å². The SMILES string of the molecule is Cc1ccc(C(=O)Nc2ccc(OC(=O)N(C)c3ccccc3)nc2)cc1. The van der Waals surface area contributed by atoms with Gasteiger partial charge in [-0.25, -0.2) is 9.78 Å². The summed E-state index contributed by atoms with van der Waals surface area (Å²) in [5.41, 5.74) is 2.86. The Morgan fingerprint density at radius 1 is 0.963 bits per heavy atom. The molecular formula is C21H19N3O3. The monoisotopic (exact) mass is 361 g/mol. The summed E-state index contributed by atoms with van der Waals surface area (Å²) in [5.74, 6) is -0.0820. The summed E-state index contributed by atoms with van der Waals surface area (Å²) in [5, 5.41) is 2.75. The van der Waals surface area contributed by atoms with Gasteiger partial charge in [-0.3, -0.25) is 9.69 Å². The van der Waals surface area contributed by atoms with Crippen molar-refractivity contribution in [3.05, 3.63) is 84.1 Å². The van der Waals surface area contributed by atoms with E-state index in [9.17, 15) is 9.59 Å². The number of aromatic nitrogens is 1. The predicted molar refractivity (Wildman–Crippen MR) is 104 cm³/mol. The normalized spacial score (nSPS) is 10.1. The van der Waals surface area contributed by atoms with Crippen LogP contribution in [0, 0.1) is 6.92 Å². The number of nitrogens with one attached hydrogen (secondary N) is 1. The van der Waals surface area contributed by atoms with Gasteiger partial charge in [0.25, 0.3) is 5.91 Å². The topological polar surface area (TPSA) is 71.5 Å². The molecule has 0 radical (unpaired) electrons. The summed E-state index contributed by atoms with van der Waals surface area (Å²) in [6.45, 7) is 1.96. The van der Waals surface area contributed by atoms with Crippen LogP contribution in [0.5, 0.6) is 5.88 Å². The van der Waals surface area contributed by atoms with Gasteiger partial charge in [-0.05, 0) is 37.3 Å². The molecule has 6 nitrogen and oxygen atoms in total. The third-order valence-electron chi connectivity index (χ3n) is 3.92. The number of carbonyl (C=O) groups excluding carboxylic acids is 2. The summed E-state index contributed by atoms with van der Waals surface area (Å²) >= 11 is 0. The van der Waals surface area contributed by atoms with Crippen LogP contribution in [0.15, 0.2) is 72.9 Å². The van der Waals surface area contributed by atoms with Crippen LogP contribution in [0.3, 0.4) is 0 Å². The Balaban J connectivity index is 1.60. The lowest BCUT2D eigenvalue weighted by molar-refractivity contribution is 0.102. The zero-order valence-corrected chi connectivity index (χ0v) is 15.0. The van der Waals surface area contributed by atoms with Crippen molar-refractivity contribution < 1.29 is 14.3 Å². The zero-order valence-electron chi connectivity index (χ0n) is 15.0. The van der Waals surface area contributed by atoms with Gasteiger partial charge in [-0.15, -0.1) is 0 Å². The number of aryl methyl sites for hydroxylation is 1. The molecule has 1 N–H and O–H groups in total. The standard InChI is InChI=1S/C21H19N3O3/c1-15-8-10-16(11-9-15)20(25)23-17-12-13-19(22-14-17)27-21(26)24(2)18-6-4-3-5-7-18/h3-14H,1-2H3,(H,23,25). The highest BCUT2D eigenvalue weighted by molar-refractivity contribution is 6.04. The molecule has 0 bridgehead atoms. The van der Waals surface area contributed by atoms with Crippen LogP contribution in [0.25, 0.3) is 0 Å². The molecule has 0 aliphatic rings. The lowest BCUT2D eigenvalue weighted by Crippen LogP contribution is -2.29. The summed E-state index contributed by atoms with van der Waals surface area (Å²) in [6, 6.07) is 19.6. The van der Waals surface area contributed by atoms with Gasteiger partial charge in [0.1, 0.15) is 0 Å². The number of amides is 2. The van der Waals surface area contributed by atoms with Gasteiger partial charge in [0.2, 0.25) is 5.88 Å². The van der Waals surface area contributed by atoms with Crippen molar-refractivity contribution in [1.29, 1.82) is 0 Å². The fourth-order valence-electron chi connectivity index (χ4n) is 2.34. The number of nitrogens with zero attached hydrogens (tertiary/aromatic N) is 2. The zero-order chi connectivity index (χ0) is 19.2. The summed E-state index contributed by atoms with van der Waals surface area (Å²) < 4.78 is 5.25. The van der Waals surface area contributed by atoms with E-state index in [0.29, 0.717) is 16.9 Å². The highest BCUT2D eigenvalue weighted by Crippen LogP contribution is 2.16. The van der Waals surface area contributed by atoms with E-state index in [1.165, 1.54) is 17.2 Å². The molecule has 136 valence electrons. The fraction of sp³-hybridized carbons (Fsp3) is 0.0952. The van der Waals surface area contributed by atoms with Crippen LogP contribution < -0.4 is 15.0 Å². The van der Waals surface area contributed by atoms with Gasteiger partial charge >= 0.3 is 6.09 Å². The van der Waals surface area contributed by atoms with Crippen LogP contribution in [0.1, 0.15) is 15.9 Å². The molecular weight excluding hydrogens is 342 g/mol. The van der Waals surface area contributed by atoms with Gasteiger partial charge in [0.05, 0.1) is 11.9 Å². The lowest BCUT2D eigenvalue weighted by atomic mass is 10.1. The van der Waals surface area contributed by atoms with E-state index in [-0.39, 0.29) is 11.8 Å². The smallest absolute Gasteiger partial charge is 0.391 e. The summed E-state index contributed by atoms with van der Waals surface area (Å²) in [4.78, 5) is 29.8. The number of hydrogen-bond acceptors (Lipinski definition) is 4. The van der Waals surface area contributed by atoms with Crippen molar-refractivity contribution in [2.75, 3.05) is 17.3 Å². The maximum atomic E-state index is 12.2. The molecule has 0 fully saturated rings. The second kappa shape index (κ2) is 8.14. The molecule has 0 saturated carbocycles. The average molecular weight is 361 g/mol. The van der Waals surface area contributed by atoms with Crippen molar-refractivity contribution >= 4 is 23.4 Å². The number of para-hydroxylation sites is 1. The Morgan fingerprint density at radius 3 is 2.30 bits per heavy atom. The van der Waals surface area contributed by atoms with Crippen molar-refractivity contribution in [1.82, 2.24) is 4.98 Å². The Hall–Kier alpha value is -3.67. The average Bonchev–Trinajstić information content (AvgIpc) is 2.70. The first kappa shape index (κ1) is 18.1. The molecule has 2 aromatic carbocycles. The number of carbonyl (C=O) groups is 2. The number of rotatable bonds is 4. The quantitative estimate of drug-likeness (QED) is 0.753. The number of anilines is 2. The first-order valence-corrected chi connectivity index (χ1v) is 8.37. The second-order valence-corrected chi connectivity index (χ2v) is 5.97. The third kappa shape index (κ3) is 4.70. The van der Waals surface area contributed by atoms with E-state index < -0.39 is 6.09 Å². The highest BCUT2D eigenvalue weighted by atomic mass is 16.6. The van der Waals surface area contributed by atoms with E-state index in [0.717, 1.165) is 5.56 Å². The van der Waals surface area contributed by atoms with Crippen LogP contribution in [0.4, 0.5) is 16.2 Å². The largest absolute Gasteiger partial charge is 0.420 e. The molecule has 1 aromatic heterocycles. The maximum Gasteiger partial charge on any atom is 0.420 e. The second-order valence-electron chi connectivity index (χ2n) is 5.97. The van der Waals surface area contributed by atoms with Crippen LogP contribution in [-0.4, -0.2) is 24.0 Å². The third-order valence-corrected chi connectivity index (χ3v) is 3.92. The number of hydrogen-bond donors (Lipinski definition) is 1. The van der Waals surface area contributed by atoms with Crippen molar-refractivity contribution in [2.45, 2.75) is 6.92 Å². The van der Waals surface area contributed by atoms with Crippen LogP contribution in [-0.2, 0) is 0 Å². The Labute approximate surface area is 157 Å². The van der Waals surface area contributed by atoms with Gasteiger partial charge < -0.3 is 10.1 Å². The van der Waals surface area contributed by atoms with E-state index in [2.05, 4.69) is 10.3 Å². The minimum atomic E-state index is -0.551. The first-order chi connectivity index (χ1) is 13.0. The Bertz CT molecular complexity index is 923. The Kier molecular flexibility index (Phi) is 5.47. The van der Waals surface area contributed by atoms with Crippen molar-refractivity contribution in [3.63, 3.8) is 0 Å². The molecule has 0 aliphatic heterocycles. The molecule has 2 amide bonds. The fourth-order valence-corrected chi connectivity index (χ4v) is 2.34. The highest BCUT2D eigenvalue weighted by Gasteiger charge is 2.14. The number of benzene rings is 2. The molecule has 0 unspecified atom stereocenters. The van der Waals surface area contributed by atoms with Crippen LogP contribution >= 0.6 is 0 Å². The molecule has 0 aliphatic carbocycles. The predicted octanol–water partition coefficient (Wildman–Crippen LogP) is 4.28. The summed E-state index contributed by atoms with van der Waals surface area (Å²) in [6.07, 6.45) is 0.891. The minimum absolute atomic E-state index is 0.149. The van der Waals surface area contributed by atoms with Crippen molar-refractivity contribution in [3.8, 4) is 5.88 Å². The molecule has 0 spiro atoms. The molecule has 6 heteroatoms. The summed E-state index contributed by atoms with van der Waals surface area (Å²) in [7, 11) is 1.62. The van der Waals surface area contributed by atoms with E-state index >= 15 is 0 Å². The lowest BCUT2D eigenvalue weighted by Gasteiger charge is -2.16. The van der Waals surface area contributed by atoms with Gasteiger partial charge in [0.15, 0.2) is 0 Å². The van der Waals surface area contributed by atoms with E-state index in [1.807, 2.05) is 37.3 Å². The van der Waals surface area contributed by atoms with E-state index in [4.69, 9.17) is 4.74 Å². The van der Waals surface area contributed by atoms with Crippen molar-refractivity contribution in [2.24, 2.45) is 0 Å². The van der Waals surface area contributed by atoms with Gasteiger partial charge in [-0.2, -0.15) is 0 Å². The molecule has 0 atom stereocenters. The molecule has 27 heavy (non-hydrogen) atoms. The Morgan fingerprint density at radius 2 is 1.67 bits per heavy atom. The maximum absolute atomic E-state index is 12.2. The van der Waals surface area contributed by atoms with Gasteiger partial charge in [-0.1, -0.05) is 35.9 Å². The van der Waals surface area contributed by atoms with E-state index in [1.54, 1.807) is 37.4 Å². The molecule has 1 heterocycles.